The van der Waals surface area contributed by atoms with Crippen molar-refractivity contribution in [3.63, 3.8) is 0 Å². The van der Waals surface area contributed by atoms with Gasteiger partial charge in [-0.05, 0) is 43.0 Å². The average Bonchev–Trinajstić information content (AvgIpc) is 3.38. The normalized spacial score (nSPS) is 15.2. The van der Waals surface area contributed by atoms with Gasteiger partial charge in [-0.3, -0.25) is 9.69 Å². The first-order chi connectivity index (χ1) is 16.2. The standard InChI is InChI=1S/C28H31N3O2/c1-21-12-14-30(15-13-21)20-24-16-25-27(33-24)17-26(31(25)19-23-10-6-3-7-11-23)28(32)29-18-22-8-4-2-5-9-22/h2-11,16-17,21H,12-15,18-20H2,1H3,(H,29,32). The molecule has 0 saturated carbocycles. The predicted molar refractivity (Wildman–Crippen MR) is 131 cm³/mol. The SMILES string of the molecule is CC1CCN(Cc2cc3c(cc(C(=O)NCc4ccccc4)n3Cc3ccccc3)o2)CC1. The second-order valence-corrected chi connectivity index (χ2v) is 9.19. The van der Waals surface area contributed by atoms with Crippen LogP contribution in [0.4, 0.5) is 0 Å². The van der Waals surface area contributed by atoms with E-state index < -0.39 is 0 Å². The van der Waals surface area contributed by atoms with Gasteiger partial charge in [0.15, 0.2) is 5.58 Å². The molecule has 5 nitrogen and oxygen atoms in total. The summed E-state index contributed by atoms with van der Waals surface area (Å²) in [4.78, 5) is 15.6. The van der Waals surface area contributed by atoms with Crippen molar-refractivity contribution in [2.45, 2.75) is 39.4 Å². The quantitative estimate of drug-likeness (QED) is 0.415. The van der Waals surface area contributed by atoms with Crippen LogP contribution in [0.15, 0.2) is 77.2 Å². The number of hydrogen-bond donors (Lipinski definition) is 1. The number of rotatable bonds is 7. The minimum absolute atomic E-state index is 0.0900. The van der Waals surface area contributed by atoms with Gasteiger partial charge in [-0.2, -0.15) is 0 Å². The van der Waals surface area contributed by atoms with Gasteiger partial charge in [0, 0.05) is 25.2 Å². The number of nitrogens with one attached hydrogen (secondary N) is 1. The maximum absolute atomic E-state index is 13.1. The number of hydrogen-bond acceptors (Lipinski definition) is 3. The highest BCUT2D eigenvalue weighted by Crippen LogP contribution is 2.27. The highest BCUT2D eigenvalue weighted by molar-refractivity contribution is 5.97. The van der Waals surface area contributed by atoms with Crippen molar-refractivity contribution >= 4 is 17.0 Å². The third-order valence-corrected chi connectivity index (χ3v) is 6.61. The second-order valence-electron chi connectivity index (χ2n) is 9.19. The summed E-state index contributed by atoms with van der Waals surface area (Å²) in [6.45, 7) is 6.50. The molecule has 0 aliphatic carbocycles. The van der Waals surface area contributed by atoms with Crippen molar-refractivity contribution in [1.29, 1.82) is 0 Å². The molecule has 1 N–H and O–H groups in total. The summed E-state index contributed by atoms with van der Waals surface area (Å²) in [5.41, 5.74) is 4.61. The summed E-state index contributed by atoms with van der Waals surface area (Å²) in [5.74, 6) is 1.68. The Balaban J connectivity index is 1.40. The van der Waals surface area contributed by atoms with Crippen LogP contribution in [-0.4, -0.2) is 28.5 Å². The molecular weight excluding hydrogens is 410 g/mol. The van der Waals surface area contributed by atoms with Crippen molar-refractivity contribution in [2.75, 3.05) is 13.1 Å². The molecule has 0 spiro atoms. The van der Waals surface area contributed by atoms with Gasteiger partial charge in [-0.1, -0.05) is 67.6 Å². The molecule has 1 aliphatic rings. The number of amides is 1. The monoisotopic (exact) mass is 441 g/mol. The Morgan fingerprint density at radius 1 is 0.939 bits per heavy atom. The average molecular weight is 442 g/mol. The number of aromatic nitrogens is 1. The first-order valence-electron chi connectivity index (χ1n) is 11.9. The van der Waals surface area contributed by atoms with Crippen molar-refractivity contribution in [3.05, 3.63) is 95.4 Å². The van der Waals surface area contributed by atoms with Crippen molar-refractivity contribution in [1.82, 2.24) is 14.8 Å². The van der Waals surface area contributed by atoms with E-state index in [-0.39, 0.29) is 5.91 Å². The maximum Gasteiger partial charge on any atom is 0.268 e. The van der Waals surface area contributed by atoms with Gasteiger partial charge in [-0.15, -0.1) is 0 Å². The molecule has 2 aromatic heterocycles. The number of furan rings is 1. The molecule has 1 aliphatic heterocycles. The molecule has 0 radical (unpaired) electrons. The highest BCUT2D eigenvalue weighted by Gasteiger charge is 2.21. The topological polar surface area (TPSA) is 50.4 Å². The molecule has 0 atom stereocenters. The molecule has 33 heavy (non-hydrogen) atoms. The summed E-state index contributed by atoms with van der Waals surface area (Å²) in [6.07, 6.45) is 2.48. The summed E-state index contributed by atoms with van der Waals surface area (Å²) in [5, 5.41) is 3.07. The molecule has 4 aromatic rings. The van der Waals surface area contributed by atoms with Crippen LogP contribution < -0.4 is 5.32 Å². The van der Waals surface area contributed by atoms with Gasteiger partial charge in [0.2, 0.25) is 0 Å². The van der Waals surface area contributed by atoms with Crippen LogP contribution in [-0.2, 0) is 19.6 Å². The fourth-order valence-corrected chi connectivity index (χ4v) is 4.60. The summed E-state index contributed by atoms with van der Waals surface area (Å²) in [6, 6.07) is 24.2. The third-order valence-electron chi connectivity index (χ3n) is 6.61. The van der Waals surface area contributed by atoms with E-state index in [2.05, 4.69) is 39.9 Å². The third kappa shape index (κ3) is 5.04. The van der Waals surface area contributed by atoms with Crippen molar-refractivity contribution in [3.8, 4) is 0 Å². The molecule has 5 rings (SSSR count). The minimum Gasteiger partial charge on any atom is -0.458 e. The van der Waals surface area contributed by atoms with E-state index in [0.717, 1.165) is 53.5 Å². The Bertz CT molecular complexity index is 1200. The summed E-state index contributed by atoms with van der Waals surface area (Å²) >= 11 is 0. The Labute approximate surface area is 195 Å². The Morgan fingerprint density at radius 3 is 2.30 bits per heavy atom. The first-order valence-corrected chi connectivity index (χ1v) is 11.9. The summed E-state index contributed by atoms with van der Waals surface area (Å²) < 4.78 is 8.31. The van der Waals surface area contributed by atoms with E-state index in [4.69, 9.17) is 4.42 Å². The molecule has 1 fully saturated rings. The van der Waals surface area contributed by atoms with E-state index >= 15 is 0 Å². The number of piperidine rings is 1. The van der Waals surface area contributed by atoms with E-state index in [1.807, 2.05) is 54.6 Å². The lowest BCUT2D eigenvalue weighted by Gasteiger charge is -2.29. The van der Waals surface area contributed by atoms with Gasteiger partial charge < -0.3 is 14.3 Å². The predicted octanol–water partition coefficient (Wildman–Crippen LogP) is 5.44. The van der Waals surface area contributed by atoms with Gasteiger partial charge in [0.1, 0.15) is 11.5 Å². The second kappa shape index (κ2) is 9.67. The Morgan fingerprint density at radius 2 is 1.61 bits per heavy atom. The lowest BCUT2D eigenvalue weighted by molar-refractivity contribution is 0.0942. The molecule has 5 heteroatoms. The first kappa shape index (κ1) is 21.5. The fourth-order valence-electron chi connectivity index (χ4n) is 4.60. The van der Waals surface area contributed by atoms with Crippen LogP contribution in [0.5, 0.6) is 0 Å². The van der Waals surface area contributed by atoms with E-state index in [1.54, 1.807) is 0 Å². The van der Waals surface area contributed by atoms with Gasteiger partial charge in [0.05, 0.1) is 12.1 Å². The molecule has 1 saturated heterocycles. The van der Waals surface area contributed by atoms with E-state index in [9.17, 15) is 4.79 Å². The van der Waals surface area contributed by atoms with Crippen LogP contribution in [0.2, 0.25) is 0 Å². The molecule has 0 bridgehead atoms. The zero-order valence-corrected chi connectivity index (χ0v) is 19.2. The lowest BCUT2D eigenvalue weighted by atomic mass is 9.99. The van der Waals surface area contributed by atoms with Crippen LogP contribution >= 0.6 is 0 Å². The smallest absolute Gasteiger partial charge is 0.268 e. The molecular formula is C28H31N3O2. The molecule has 3 heterocycles. The van der Waals surface area contributed by atoms with Gasteiger partial charge in [0.25, 0.3) is 5.91 Å². The van der Waals surface area contributed by atoms with Crippen molar-refractivity contribution < 1.29 is 9.21 Å². The number of fused-ring (bicyclic) bond motifs is 1. The maximum atomic E-state index is 13.1. The molecule has 1 amide bonds. The van der Waals surface area contributed by atoms with Crippen LogP contribution in [0.1, 0.15) is 47.1 Å². The van der Waals surface area contributed by atoms with E-state index in [0.29, 0.717) is 18.8 Å². The number of nitrogens with zero attached hydrogens (tertiary/aromatic N) is 2. The molecule has 2 aromatic carbocycles. The number of likely N-dealkylation sites (tertiary alicyclic amines) is 1. The number of carbonyl (C=O) groups is 1. The lowest BCUT2D eigenvalue weighted by Crippen LogP contribution is -2.32. The summed E-state index contributed by atoms with van der Waals surface area (Å²) in [7, 11) is 0. The zero-order valence-electron chi connectivity index (χ0n) is 19.2. The fraction of sp³-hybridized carbons (Fsp3) is 0.321. The van der Waals surface area contributed by atoms with Crippen LogP contribution in [0, 0.1) is 5.92 Å². The van der Waals surface area contributed by atoms with Crippen molar-refractivity contribution in [2.24, 2.45) is 5.92 Å². The van der Waals surface area contributed by atoms with Crippen LogP contribution in [0.25, 0.3) is 11.1 Å². The van der Waals surface area contributed by atoms with Gasteiger partial charge >= 0.3 is 0 Å². The Hall–Kier alpha value is -3.31. The molecule has 0 unspecified atom stereocenters. The van der Waals surface area contributed by atoms with Gasteiger partial charge in [-0.25, -0.2) is 0 Å². The largest absolute Gasteiger partial charge is 0.458 e. The highest BCUT2D eigenvalue weighted by atomic mass is 16.3. The number of carbonyl (C=O) groups excluding carboxylic acids is 1. The molecule has 170 valence electrons. The number of benzene rings is 2. The zero-order chi connectivity index (χ0) is 22.6. The van der Waals surface area contributed by atoms with E-state index in [1.165, 1.54) is 12.8 Å². The minimum atomic E-state index is -0.0900. The van der Waals surface area contributed by atoms with Crippen LogP contribution in [0.3, 0.4) is 0 Å². The Kier molecular flexibility index (Phi) is 6.31.